The molecule has 5 aromatic carbocycles. The average molecular weight is 1550 g/mol. The summed E-state index contributed by atoms with van der Waals surface area (Å²) in [5.41, 5.74) is 4.70. The summed E-state index contributed by atoms with van der Waals surface area (Å²) in [6.45, 7) is 11.5. The van der Waals surface area contributed by atoms with Gasteiger partial charge in [-0.3, -0.25) is 19.2 Å². The number of amides is 4. The number of benzene rings is 5. The number of unbranched alkanes of at least 4 members (excludes halogenated alkanes) is 36. The van der Waals surface area contributed by atoms with E-state index in [1.165, 1.54) is 205 Å². The summed E-state index contributed by atoms with van der Waals surface area (Å²) in [6, 6.07) is 38.7. The number of carbonyl (C=O) groups excluding carboxylic acids is 4. The third kappa shape index (κ3) is 35.1. The Balaban J connectivity index is 0.958. The molecule has 0 saturated heterocycles. The fourth-order valence-electron chi connectivity index (χ4n) is 13.5. The van der Waals surface area contributed by atoms with Crippen LogP contribution in [0.15, 0.2) is 133 Å². The van der Waals surface area contributed by atoms with E-state index in [9.17, 15) is 19.2 Å². The highest BCUT2D eigenvalue weighted by atomic mass is 32.1. The van der Waals surface area contributed by atoms with Gasteiger partial charge in [0, 0.05) is 33.9 Å². The fraction of sp³-hybridized carbons (Fsp3) is 0.500. The maximum Gasteiger partial charge on any atom is 0.274 e. The molecule has 0 bridgehead atoms. The zero-order valence-electron chi connectivity index (χ0n) is 68.3. The first-order valence-corrected chi connectivity index (χ1v) is 43.8. The summed E-state index contributed by atoms with van der Waals surface area (Å²) in [5, 5.41) is 11.8. The molecule has 8 rings (SSSR count). The van der Waals surface area contributed by atoms with Gasteiger partial charge in [0.25, 0.3) is 23.6 Å². The quantitative estimate of drug-likeness (QED) is 0.0208. The molecular weight excluding hydrogens is 1430 g/mol. The monoisotopic (exact) mass is 1550 g/mol. The Morgan fingerprint density at radius 3 is 0.690 bits per heavy atom. The van der Waals surface area contributed by atoms with Gasteiger partial charge in [0.05, 0.1) is 49.3 Å². The zero-order valence-corrected chi connectivity index (χ0v) is 69.1. The van der Waals surface area contributed by atoms with Crippen LogP contribution in [0.5, 0.6) is 23.0 Å². The molecule has 604 valence electrons. The summed E-state index contributed by atoms with van der Waals surface area (Å²) in [4.78, 5) is 65.9. The molecule has 3 heterocycles. The Bertz CT molecular complexity index is 3730. The first-order valence-electron chi connectivity index (χ1n) is 43.1. The standard InChI is InChI=1S/C96H126N8O8S/c1-5-9-13-17-21-25-29-33-37-41-67-109-83-59-51-79(52-60-83)97-93(105)87-71-75(72-88(101-87)94(106)98-80-53-61-84(62-54-80)110-68-42-38-34-30-26-22-18-14-10-6-2)45-47-77-49-50-78(92-91(77)103-113-104-92)48-46-76-73-89(95(107)99-81-55-63-85(64-56-81)111-69-43-39-35-31-27-23-19-15-11-7-3)102-90(74-76)96(108)100-82-57-65-86(66-58-82)112-70-44-40-36-32-28-24-20-16-12-8-4/h49-66,71-74H,5-44,67-70H2,1-4H3,(H,97,105)(H,98,106)(H,99,107)(H,100,108). The van der Waals surface area contributed by atoms with Gasteiger partial charge in [-0.15, -0.1) is 0 Å². The van der Waals surface area contributed by atoms with Crippen molar-refractivity contribution in [3.8, 4) is 46.7 Å². The molecule has 8 aromatic rings. The van der Waals surface area contributed by atoms with Crippen molar-refractivity contribution in [3.05, 3.63) is 178 Å². The Morgan fingerprint density at radius 1 is 0.274 bits per heavy atom. The number of hydrogen-bond acceptors (Lipinski definition) is 13. The lowest BCUT2D eigenvalue weighted by molar-refractivity contribution is 0.0998. The molecule has 0 aliphatic heterocycles. The van der Waals surface area contributed by atoms with Crippen molar-refractivity contribution in [2.24, 2.45) is 0 Å². The SMILES string of the molecule is CCCCCCCCCCCCOc1ccc(NC(=O)c2cc(C#Cc3ccc(C#Cc4cc(C(=O)Nc5ccc(OCCCCCCCCCCCC)cc5)nc(C(=O)Nc5ccc(OCCCCCCCCCCCC)cc5)c4)c4nsnc34)cc(C(=O)Nc3ccc(OCCCCCCCCCCCC)cc3)n2)cc1. The number of anilines is 4. The van der Waals surface area contributed by atoms with E-state index < -0.39 is 23.6 Å². The van der Waals surface area contributed by atoms with Crippen LogP contribution in [0.1, 0.15) is 349 Å². The number of rotatable bonds is 56. The molecule has 0 unspecified atom stereocenters. The predicted octanol–water partition coefficient (Wildman–Crippen LogP) is 25.5. The van der Waals surface area contributed by atoms with E-state index in [-0.39, 0.29) is 22.8 Å². The summed E-state index contributed by atoms with van der Waals surface area (Å²) in [7, 11) is 0. The van der Waals surface area contributed by atoms with Crippen LogP contribution in [0.2, 0.25) is 0 Å². The first kappa shape index (κ1) is 89.0. The molecular formula is C96H126N8O8S. The number of nitrogens with zero attached hydrogens (tertiary/aromatic N) is 4. The van der Waals surface area contributed by atoms with Gasteiger partial charge < -0.3 is 40.2 Å². The highest BCUT2D eigenvalue weighted by Crippen LogP contribution is 2.26. The summed E-state index contributed by atoms with van der Waals surface area (Å²) in [5.74, 6) is 13.5. The van der Waals surface area contributed by atoms with Gasteiger partial charge >= 0.3 is 0 Å². The van der Waals surface area contributed by atoms with Crippen LogP contribution >= 0.6 is 11.7 Å². The average Bonchev–Trinajstić information content (AvgIpc) is 1.57. The minimum absolute atomic E-state index is 0.0228. The minimum Gasteiger partial charge on any atom is -0.494 e. The van der Waals surface area contributed by atoms with Crippen molar-refractivity contribution >= 4 is 69.1 Å². The third-order valence-electron chi connectivity index (χ3n) is 20.2. The highest BCUT2D eigenvalue weighted by Gasteiger charge is 2.20. The molecule has 0 aliphatic carbocycles. The number of fused-ring (bicyclic) bond motifs is 1. The van der Waals surface area contributed by atoms with Crippen molar-refractivity contribution in [2.45, 2.75) is 285 Å². The van der Waals surface area contributed by atoms with Gasteiger partial charge in [-0.05, 0) is 159 Å². The van der Waals surface area contributed by atoms with Crippen LogP contribution in [0.3, 0.4) is 0 Å². The largest absolute Gasteiger partial charge is 0.494 e. The topological polar surface area (TPSA) is 205 Å². The Hall–Kier alpha value is -9.58. The van der Waals surface area contributed by atoms with Crippen LogP contribution in [-0.4, -0.2) is 68.8 Å². The van der Waals surface area contributed by atoms with Crippen LogP contribution in [-0.2, 0) is 0 Å². The third-order valence-corrected chi connectivity index (χ3v) is 20.7. The lowest BCUT2D eigenvalue weighted by Gasteiger charge is -2.11. The molecule has 0 aliphatic rings. The highest BCUT2D eigenvalue weighted by molar-refractivity contribution is 7.00. The number of ether oxygens (including phenoxy) is 4. The molecule has 0 radical (unpaired) electrons. The van der Waals surface area contributed by atoms with Crippen molar-refractivity contribution < 1.29 is 38.1 Å². The summed E-state index contributed by atoms with van der Waals surface area (Å²) >= 11 is 0.998. The number of pyridine rings is 2. The number of nitrogens with one attached hydrogen (secondary N) is 4. The summed E-state index contributed by atoms with van der Waals surface area (Å²) in [6.07, 6.45) is 49.8. The van der Waals surface area contributed by atoms with Gasteiger partial charge in [0.15, 0.2) is 0 Å². The van der Waals surface area contributed by atoms with E-state index in [1.54, 1.807) is 84.9 Å². The Morgan fingerprint density at radius 2 is 0.478 bits per heavy atom. The Kier molecular flexibility index (Phi) is 42.7. The lowest BCUT2D eigenvalue weighted by atomic mass is 10.1. The fourth-order valence-corrected chi connectivity index (χ4v) is 14.0. The summed E-state index contributed by atoms with van der Waals surface area (Å²) < 4.78 is 33.6. The second kappa shape index (κ2) is 54.2. The smallest absolute Gasteiger partial charge is 0.274 e. The van der Waals surface area contributed by atoms with Crippen molar-refractivity contribution in [3.63, 3.8) is 0 Å². The van der Waals surface area contributed by atoms with E-state index >= 15 is 0 Å². The molecule has 0 atom stereocenters. The van der Waals surface area contributed by atoms with Crippen LogP contribution in [0.4, 0.5) is 22.7 Å². The van der Waals surface area contributed by atoms with E-state index in [1.807, 2.05) is 48.5 Å². The van der Waals surface area contributed by atoms with Crippen molar-refractivity contribution in [1.82, 2.24) is 18.7 Å². The molecule has 0 saturated carbocycles. The van der Waals surface area contributed by atoms with E-state index in [2.05, 4.69) is 91.4 Å². The molecule has 4 amide bonds. The number of carbonyl (C=O) groups is 4. The van der Waals surface area contributed by atoms with Gasteiger partial charge in [-0.2, -0.15) is 8.75 Å². The molecule has 17 heteroatoms. The van der Waals surface area contributed by atoms with E-state index in [0.29, 0.717) is 105 Å². The zero-order chi connectivity index (χ0) is 79.4. The van der Waals surface area contributed by atoms with Crippen molar-refractivity contribution in [1.29, 1.82) is 0 Å². The van der Waals surface area contributed by atoms with E-state index in [4.69, 9.17) is 18.9 Å². The Labute approximate surface area is 679 Å². The molecule has 3 aromatic heterocycles. The normalized spacial score (nSPS) is 11.0. The number of hydrogen-bond donors (Lipinski definition) is 4. The molecule has 16 nitrogen and oxygen atoms in total. The van der Waals surface area contributed by atoms with Crippen LogP contribution < -0.4 is 40.2 Å². The van der Waals surface area contributed by atoms with Gasteiger partial charge in [-0.25, -0.2) is 9.97 Å². The lowest BCUT2D eigenvalue weighted by Crippen LogP contribution is -2.19. The van der Waals surface area contributed by atoms with Crippen LogP contribution in [0.25, 0.3) is 11.0 Å². The maximum atomic E-state index is 14.2. The molecule has 0 fully saturated rings. The molecule has 0 spiro atoms. The van der Waals surface area contributed by atoms with Crippen molar-refractivity contribution in [2.75, 3.05) is 47.7 Å². The number of aromatic nitrogens is 4. The van der Waals surface area contributed by atoms with Crippen LogP contribution in [0, 0.1) is 23.7 Å². The second-order valence-electron chi connectivity index (χ2n) is 29.9. The minimum atomic E-state index is -0.537. The molecule has 113 heavy (non-hydrogen) atoms. The predicted molar refractivity (Wildman–Crippen MR) is 465 cm³/mol. The van der Waals surface area contributed by atoms with Gasteiger partial charge in [0.1, 0.15) is 56.8 Å². The maximum absolute atomic E-state index is 14.2. The van der Waals surface area contributed by atoms with Gasteiger partial charge in [-0.1, -0.05) is 283 Å². The second-order valence-corrected chi connectivity index (χ2v) is 30.4. The van der Waals surface area contributed by atoms with E-state index in [0.717, 1.165) is 63.1 Å². The molecule has 4 N–H and O–H groups in total. The van der Waals surface area contributed by atoms with Gasteiger partial charge in [0.2, 0.25) is 0 Å². The first-order chi connectivity index (χ1) is 55.6.